The quantitative estimate of drug-likeness (QED) is 0.618. The summed E-state index contributed by atoms with van der Waals surface area (Å²) < 4.78 is 5.81. The molecule has 0 saturated carbocycles. The Morgan fingerprint density at radius 3 is 2.25 bits per heavy atom. The summed E-state index contributed by atoms with van der Waals surface area (Å²) in [4.78, 5) is 0. The van der Waals surface area contributed by atoms with Crippen LogP contribution in [0.1, 0.15) is 39.5 Å². The van der Waals surface area contributed by atoms with Crippen LogP contribution in [0.25, 0.3) is 0 Å². The number of hydrogen-bond donors (Lipinski definition) is 0. The predicted octanol–water partition coefficient (Wildman–Crippen LogP) is 4.14. The molecule has 16 heavy (non-hydrogen) atoms. The van der Waals surface area contributed by atoms with Gasteiger partial charge in [0.25, 0.3) is 0 Å². The lowest BCUT2D eigenvalue weighted by Gasteiger charge is -2.15. The molecule has 0 heterocycles. The summed E-state index contributed by atoms with van der Waals surface area (Å²) in [5, 5.41) is 1.30. The zero-order valence-corrected chi connectivity index (χ0v) is 11.4. The van der Waals surface area contributed by atoms with E-state index in [1.807, 2.05) is 6.07 Å². The van der Waals surface area contributed by atoms with Gasteiger partial charge in [-0.25, -0.2) is 0 Å². The van der Waals surface area contributed by atoms with Crippen LogP contribution in [0.4, 0.5) is 0 Å². The topological polar surface area (TPSA) is 9.23 Å². The highest BCUT2D eigenvalue weighted by molar-refractivity contribution is 7.41. The van der Waals surface area contributed by atoms with Crippen molar-refractivity contribution in [3.63, 3.8) is 0 Å². The van der Waals surface area contributed by atoms with Crippen LogP contribution in [-0.2, 0) is 4.52 Å². The number of benzene rings is 1. The Balaban J connectivity index is 2.22. The van der Waals surface area contributed by atoms with Gasteiger partial charge in [0.05, 0.1) is 6.61 Å². The third-order valence-electron chi connectivity index (χ3n) is 2.68. The lowest BCUT2D eigenvalue weighted by molar-refractivity contribution is 0.257. The van der Waals surface area contributed by atoms with Crippen molar-refractivity contribution in [2.24, 2.45) is 5.92 Å². The maximum absolute atomic E-state index is 5.81. The van der Waals surface area contributed by atoms with Crippen LogP contribution in [0.5, 0.6) is 0 Å². The highest BCUT2D eigenvalue weighted by atomic mass is 31.1. The average molecular weight is 238 g/mol. The molecule has 0 aliphatic carbocycles. The molecule has 0 aromatic heterocycles. The Hall–Kier alpha value is -0.390. The third-order valence-corrected chi connectivity index (χ3v) is 3.56. The predicted molar refractivity (Wildman–Crippen MR) is 73.6 cm³/mol. The normalized spacial score (nSPS) is 11.7. The molecule has 0 saturated heterocycles. The molecule has 1 unspecified atom stereocenters. The lowest BCUT2D eigenvalue weighted by Crippen LogP contribution is -2.07. The average Bonchev–Trinajstić information content (AvgIpc) is 2.31. The second-order valence-electron chi connectivity index (χ2n) is 4.22. The molecule has 0 fully saturated rings. The fourth-order valence-electron chi connectivity index (χ4n) is 1.88. The van der Waals surface area contributed by atoms with E-state index in [0.29, 0.717) is 8.81 Å². The Kier molecular flexibility index (Phi) is 7.46. The smallest absolute Gasteiger partial charge is 0.0538 e. The molecule has 0 radical (unpaired) electrons. The van der Waals surface area contributed by atoms with Crippen molar-refractivity contribution in [1.82, 2.24) is 0 Å². The van der Waals surface area contributed by atoms with Crippen LogP contribution >= 0.6 is 8.81 Å². The van der Waals surface area contributed by atoms with Gasteiger partial charge in [-0.3, -0.25) is 0 Å². The highest BCUT2D eigenvalue weighted by Gasteiger charge is 2.06. The van der Waals surface area contributed by atoms with Gasteiger partial charge in [0.15, 0.2) is 0 Å². The van der Waals surface area contributed by atoms with Crippen LogP contribution in [0.2, 0.25) is 0 Å². The minimum Gasteiger partial charge on any atom is -0.357 e. The van der Waals surface area contributed by atoms with Crippen molar-refractivity contribution >= 4 is 14.1 Å². The van der Waals surface area contributed by atoms with E-state index in [9.17, 15) is 0 Å². The Bertz CT molecular complexity index is 255. The molecule has 1 atom stereocenters. The molecule has 90 valence electrons. The third kappa shape index (κ3) is 5.63. The van der Waals surface area contributed by atoms with E-state index in [-0.39, 0.29) is 0 Å². The molecule has 1 rings (SSSR count). The summed E-state index contributed by atoms with van der Waals surface area (Å²) in [7, 11) is 0.506. The van der Waals surface area contributed by atoms with E-state index >= 15 is 0 Å². The molecular formula is C14H23OP. The number of rotatable bonds is 8. The SMILES string of the molecule is CCCC(CCC)COPc1ccccc1. The van der Waals surface area contributed by atoms with Gasteiger partial charge in [0, 0.05) is 8.81 Å². The maximum Gasteiger partial charge on any atom is 0.0538 e. The van der Waals surface area contributed by atoms with Crippen molar-refractivity contribution in [3.05, 3.63) is 30.3 Å². The summed E-state index contributed by atoms with van der Waals surface area (Å²) in [6.45, 7) is 5.43. The van der Waals surface area contributed by atoms with Crippen molar-refractivity contribution in [2.75, 3.05) is 6.61 Å². The molecule has 0 aliphatic rings. The summed E-state index contributed by atoms with van der Waals surface area (Å²) in [6, 6.07) is 10.5. The molecule has 1 nitrogen and oxygen atoms in total. The van der Waals surface area contributed by atoms with Crippen LogP contribution in [0.3, 0.4) is 0 Å². The molecule has 0 amide bonds. The van der Waals surface area contributed by atoms with Crippen molar-refractivity contribution in [1.29, 1.82) is 0 Å². The molecule has 2 heteroatoms. The summed E-state index contributed by atoms with van der Waals surface area (Å²) in [6.07, 6.45) is 5.13. The second kappa shape index (κ2) is 8.73. The maximum atomic E-state index is 5.81. The number of hydrogen-bond acceptors (Lipinski definition) is 1. The van der Waals surface area contributed by atoms with E-state index in [4.69, 9.17) is 4.52 Å². The van der Waals surface area contributed by atoms with Gasteiger partial charge < -0.3 is 4.52 Å². The summed E-state index contributed by atoms with van der Waals surface area (Å²) >= 11 is 0. The van der Waals surface area contributed by atoms with Crippen LogP contribution in [0.15, 0.2) is 30.3 Å². The second-order valence-corrected chi connectivity index (χ2v) is 5.29. The van der Waals surface area contributed by atoms with E-state index in [2.05, 4.69) is 38.1 Å². The first-order valence-corrected chi connectivity index (χ1v) is 7.20. The summed E-state index contributed by atoms with van der Waals surface area (Å²) in [5.41, 5.74) is 0. The summed E-state index contributed by atoms with van der Waals surface area (Å²) in [5.74, 6) is 0.756. The van der Waals surface area contributed by atoms with Crippen molar-refractivity contribution < 1.29 is 4.52 Å². The molecule has 1 aromatic rings. The van der Waals surface area contributed by atoms with Crippen LogP contribution in [0, 0.1) is 5.92 Å². The lowest BCUT2D eigenvalue weighted by atomic mass is 10.00. The fraction of sp³-hybridized carbons (Fsp3) is 0.571. The first-order valence-electron chi connectivity index (χ1n) is 6.29. The first-order chi connectivity index (χ1) is 7.86. The zero-order chi connectivity index (χ0) is 11.6. The van der Waals surface area contributed by atoms with E-state index in [1.54, 1.807) is 0 Å². The van der Waals surface area contributed by atoms with E-state index in [0.717, 1.165) is 12.5 Å². The fourth-order valence-corrected chi connectivity index (χ4v) is 2.69. The van der Waals surface area contributed by atoms with Gasteiger partial charge in [-0.05, 0) is 24.1 Å². The van der Waals surface area contributed by atoms with Crippen molar-refractivity contribution in [3.8, 4) is 0 Å². The van der Waals surface area contributed by atoms with Gasteiger partial charge >= 0.3 is 0 Å². The van der Waals surface area contributed by atoms with Gasteiger partial charge in [0.1, 0.15) is 0 Å². The first kappa shape index (κ1) is 13.7. The minimum atomic E-state index is 0.506. The van der Waals surface area contributed by atoms with E-state index in [1.165, 1.54) is 31.0 Å². The molecule has 0 N–H and O–H groups in total. The standard InChI is InChI=1S/C14H23OP/c1-3-8-13(9-4-2)12-15-16-14-10-6-5-7-11-14/h5-7,10-11,13,16H,3-4,8-9,12H2,1-2H3. The molecule has 1 aromatic carbocycles. The molecule has 0 spiro atoms. The van der Waals surface area contributed by atoms with Crippen LogP contribution < -0.4 is 5.30 Å². The van der Waals surface area contributed by atoms with Gasteiger partial charge in [-0.2, -0.15) is 0 Å². The highest BCUT2D eigenvalue weighted by Crippen LogP contribution is 2.19. The Labute approximate surface area is 101 Å². The van der Waals surface area contributed by atoms with Gasteiger partial charge in [0.2, 0.25) is 0 Å². The van der Waals surface area contributed by atoms with E-state index < -0.39 is 0 Å². The Morgan fingerprint density at radius 1 is 1.06 bits per heavy atom. The van der Waals surface area contributed by atoms with Gasteiger partial charge in [-0.15, -0.1) is 0 Å². The monoisotopic (exact) mass is 238 g/mol. The minimum absolute atomic E-state index is 0.506. The molecule has 0 bridgehead atoms. The van der Waals surface area contributed by atoms with Crippen LogP contribution in [-0.4, -0.2) is 6.61 Å². The zero-order valence-electron chi connectivity index (χ0n) is 10.4. The van der Waals surface area contributed by atoms with Gasteiger partial charge in [-0.1, -0.05) is 57.0 Å². The largest absolute Gasteiger partial charge is 0.357 e. The molecule has 0 aliphatic heterocycles. The Morgan fingerprint density at radius 2 is 1.69 bits per heavy atom. The molecular weight excluding hydrogens is 215 g/mol. The van der Waals surface area contributed by atoms with Crippen molar-refractivity contribution in [2.45, 2.75) is 39.5 Å².